The molecule has 1 rings (SSSR count). The first-order valence-electron chi connectivity index (χ1n) is 5.06. The van der Waals surface area contributed by atoms with Crippen LogP contribution in [0.2, 0.25) is 5.15 Å². The predicted molar refractivity (Wildman–Crippen MR) is 59.7 cm³/mol. The minimum Gasteiger partial charge on any atom is -0.238 e. The highest BCUT2D eigenvalue weighted by Gasteiger charge is 2.09. The van der Waals surface area contributed by atoms with Crippen LogP contribution in [0.5, 0.6) is 0 Å². The van der Waals surface area contributed by atoms with Crippen molar-refractivity contribution in [2.75, 3.05) is 0 Å². The quantitative estimate of drug-likeness (QED) is 0.720. The van der Waals surface area contributed by atoms with Gasteiger partial charge in [0.15, 0.2) is 0 Å². The largest absolute Gasteiger partial charge is 0.238 e. The maximum atomic E-state index is 6.03. The molecule has 1 aromatic rings. The minimum atomic E-state index is 0.601. The Morgan fingerprint density at radius 1 is 1.29 bits per heavy atom. The van der Waals surface area contributed by atoms with Crippen molar-refractivity contribution in [3.63, 3.8) is 0 Å². The van der Waals surface area contributed by atoms with Gasteiger partial charge in [-0.1, -0.05) is 32.4 Å². The van der Waals surface area contributed by atoms with Gasteiger partial charge in [-0.25, -0.2) is 9.97 Å². The zero-order valence-electron chi connectivity index (χ0n) is 9.26. The Balaban J connectivity index is 3.07. The average molecular weight is 213 g/mol. The monoisotopic (exact) mass is 212 g/mol. The van der Waals surface area contributed by atoms with E-state index >= 15 is 0 Å². The number of aromatic nitrogens is 2. The molecule has 0 aliphatic rings. The van der Waals surface area contributed by atoms with Gasteiger partial charge in [-0.05, 0) is 19.3 Å². The number of hydrogen-bond donors (Lipinski definition) is 0. The van der Waals surface area contributed by atoms with Gasteiger partial charge in [-0.15, -0.1) is 0 Å². The van der Waals surface area contributed by atoms with Crippen LogP contribution in [0, 0.1) is 12.8 Å². The zero-order chi connectivity index (χ0) is 10.7. The third-order valence-corrected chi connectivity index (χ3v) is 2.52. The van der Waals surface area contributed by atoms with Crippen molar-refractivity contribution in [3.8, 4) is 0 Å². The van der Waals surface area contributed by atoms with Crippen LogP contribution in [0.1, 0.15) is 37.9 Å². The summed E-state index contributed by atoms with van der Waals surface area (Å²) in [6.45, 7) is 8.39. The van der Waals surface area contributed by atoms with Crippen LogP contribution >= 0.6 is 11.6 Å². The molecule has 3 heteroatoms. The molecule has 1 heterocycles. The van der Waals surface area contributed by atoms with Gasteiger partial charge in [-0.2, -0.15) is 0 Å². The first-order chi connectivity index (χ1) is 6.54. The van der Waals surface area contributed by atoms with Gasteiger partial charge in [0.1, 0.15) is 11.0 Å². The SMILES string of the molecule is CCc1nc(Cl)c(C)c(CC(C)C)n1. The number of nitrogens with zero attached hydrogens (tertiary/aromatic N) is 2. The second-order valence-corrected chi connectivity index (χ2v) is 4.31. The molecule has 0 fully saturated rings. The van der Waals surface area contributed by atoms with Crippen LogP contribution in [-0.2, 0) is 12.8 Å². The minimum absolute atomic E-state index is 0.601. The summed E-state index contributed by atoms with van der Waals surface area (Å²) in [5.41, 5.74) is 2.12. The molecule has 0 saturated heterocycles. The number of rotatable bonds is 3. The summed E-state index contributed by atoms with van der Waals surface area (Å²) in [6, 6.07) is 0. The lowest BCUT2D eigenvalue weighted by molar-refractivity contribution is 0.627. The summed E-state index contributed by atoms with van der Waals surface area (Å²) in [5, 5.41) is 0.604. The highest BCUT2D eigenvalue weighted by atomic mass is 35.5. The van der Waals surface area contributed by atoms with E-state index in [-0.39, 0.29) is 0 Å². The van der Waals surface area contributed by atoms with Crippen molar-refractivity contribution in [3.05, 3.63) is 22.2 Å². The van der Waals surface area contributed by atoms with Crippen molar-refractivity contribution in [1.82, 2.24) is 9.97 Å². The van der Waals surface area contributed by atoms with E-state index in [9.17, 15) is 0 Å². The van der Waals surface area contributed by atoms with E-state index in [0.29, 0.717) is 11.1 Å². The van der Waals surface area contributed by atoms with E-state index in [1.54, 1.807) is 0 Å². The molecule has 0 aromatic carbocycles. The molecule has 0 radical (unpaired) electrons. The maximum Gasteiger partial charge on any atom is 0.135 e. The Morgan fingerprint density at radius 2 is 1.93 bits per heavy atom. The van der Waals surface area contributed by atoms with E-state index in [1.165, 1.54) is 0 Å². The summed E-state index contributed by atoms with van der Waals surface area (Å²) in [4.78, 5) is 8.71. The summed E-state index contributed by atoms with van der Waals surface area (Å²) >= 11 is 6.03. The van der Waals surface area contributed by atoms with E-state index < -0.39 is 0 Å². The molecule has 14 heavy (non-hydrogen) atoms. The zero-order valence-corrected chi connectivity index (χ0v) is 10.0. The van der Waals surface area contributed by atoms with Gasteiger partial charge in [-0.3, -0.25) is 0 Å². The van der Waals surface area contributed by atoms with Gasteiger partial charge in [0, 0.05) is 17.7 Å². The number of hydrogen-bond acceptors (Lipinski definition) is 2. The molecule has 0 saturated carbocycles. The van der Waals surface area contributed by atoms with E-state index in [1.807, 2.05) is 13.8 Å². The van der Waals surface area contributed by atoms with Crippen LogP contribution < -0.4 is 0 Å². The molecule has 0 aliphatic heterocycles. The molecule has 0 atom stereocenters. The molecule has 0 N–H and O–H groups in total. The van der Waals surface area contributed by atoms with Gasteiger partial charge < -0.3 is 0 Å². The highest BCUT2D eigenvalue weighted by molar-refractivity contribution is 6.30. The number of aryl methyl sites for hydroxylation is 1. The Kier molecular flexibility index (Phi) is 3.87. The van der Waals surface area contributed by atoms with Crippen molar-refractivity contribution in [2.45, 2.75) is 40.5 Å². The number of halogens is 1. The normalized spacial score (nSPS) is 11.0. The van der Waals surface area contributed by atoms with Crippen LogP contribution in [0.25, 0.3) is 0 Å². The van der Waals surface area contributed by atoms with Crippen molar-refractivity contribution < 1.29 is 0 Å². The van der Waals surface area contributed by atoms with E-state index in [2.05, 4.69) is 23.8 Å². The van der Waals surface area contributed by atoms with Crippen molar-refractivity contribution in [2.24, 2.45) is 5.92 Å². The Morgan fingerprint density at radius 3 is 2.43 bits per heavy atom. The van der Waals surface area contributed by atoms with E-state index in [4.69, 9.17) is 11.6 Å². The predicted octanol–water partition coefficient (Wildman–Crippen LogP) is 3.20. The fraction of sp³-hybridized carbons (Fsp3) is 0.636. The molecule has 0 spiro atoms. The lowest BCUT2D eigenvalue weighted by atomic mass is 10.1. The van der Waals surface area contributed by atoms with Gasteiger partial charge >= 0.3 is 0 Å². The van der Waals surface area contributed by atoms with Crippen LogP contribution in [-0.4, -0.2) is 9.97 Å². The summed E-state index contributed by atoms with van der Waals surface area (Å²) < 4.78 is 0. The smallest absolute Gasteiger partial charge is 0.135 e. The summed E-state index contributed by atoms with van der Waals surface area (Å²) in [7, 11) is 0. The van der Waals surface area contributed by atoms with Gasteiger partial charge in [0.05, 0.1) is 0 Å². The fourth-order valence-electron chi connectivity index (χ4n) is 1.32. The Bertz CT molecular complexity index is 321. The van der Waals surface area contributed by atoms with Crippen LogP contribution in [0.4, 0.5) is 0 Å². The Labute approximate surface area is 90.7 Å². The molecule has 0 bridgehead atoms. The first kappa shape index (κ1) is 11.4. The molecular formula is C11H17ClN2. The molecule has 78 valence electrons. The van der Waals surface area contributed by atoms with Crippen molar-refractivity contribution >= 4 is 11.6 Å². The fourth-order valence-corrected chi connectivity index (χ4v) is 1.53. The Hall–Kier alpha value is -0.630. The van der Waals surface area contributed by atoms with Crippen LogP contribution in [0.15, 0.2) is 0 Å². The first-order valence-corrected chi connectivity index (χ1v) is 5.44. The topological polar surface area (TPSA) is 25.8 Å². The van der Waals surface area contributed by atoms with Gasteiger partial charge in [0.25, 0.3) is 0 Å². The lowest BCUT2D eigenvalue weighted by Gasteiger charge is -2.10. The maximum absolute atomic E-state index is 6.03. The standard InChI is InChI=1S/C11H17ClN2/c1-5-10-13-9(6-7(2)3)8(4)11(12)14-10/h7H,5-6H2,1-4H3. The van der Waals surface area contributed by atoms with Crippen molar-refractivity contribution in [1.29, 1.82) is 0 Å². The summed E-state index contributed by atoms with van der Waals surface area (Å²) in [6.07, 6.45) is 1.81. The lowest BCUT2D eigenvalue weighted by Crippen LogP contribution is -2.05. The molecule has 0 unspecified atom stereocenters. The second-order valence-electron chi connectivity index (χ2n) is 3.95. The third-order valence-electron chi connectivity index (χ3n) is 2.15. The highest BCUT2D eigenvalue weighted by Crippen LogP contribution is 2.18. The van der Waals surface area contributed by atoms with E-state index in [0.717, 1.165) is 29.9 Å². The second kappa shape index (κ2) is 4.74. The molecule has 1 aromatic heterocycles. The molecule has 0 amide bonds. The summed E-state index contributed by atoms with van der Waals surface area (Å²) in [5.74, 6) is 1.45. The van der Waals surface area contributed by atoms with Gasteiger partial charge in [0.2, 0.25) is 0 Å². The third kappa shape index (κ3) is 2.68. The average Bonchev–Trinajstić information content (AvgIpc) is 2.11. The van der Waals surface area contributed by atoms with Crippen LogP contribution in [0.3, 0.4) is 0 Å². The molecule has 2 nitrogen and oxygen atoms in total. The molecule has 0 aliphatic carbocycles. The molecular weight excluding hydrogens is 196 g/mol.